The highest BCUT2D eigenvalue weighted by Gasteiger charge is 2.23. The Bertz CT molecular complexity index is 260. The number of oxime groups is 1. The molecule has 3 N–H and O–H groups in total. The second-order valence-electron chi connectivity index (χ2n) is 6.05. The minimum atomic E-state index is -0.219. The van der Waals surface area contributed by atoms with Crippen molar-refractivity contribution < 1.29 is 5.21 Å². The molecule has 0 aliphatic rings. The van der Waals surface area contributed by atoms with E-state index in [9.17, 15) is 0 Å². The van der Waals surface area contributed by atoms with Crippen LogP contribution in [0.5, 0.6) is 0 Å². The molecule has 4 heteroatoms. The average Bonchev–Trinajstić information content (AvgIpc) is 2.41. The van der Waals surface area contributed by atoms with Crippen LogP contribution in [0.1, 0.15) is 60.3 Å². The van der Waals surface area contributed by atoms with Gasteiger partial charge < -0.3 is 15.8 Å². The SMILES string of the molecule is CCC(CC)CN(CC)CCCC(C)(C)C(N)=NO. The summed E-state index contributed by atoms with van der Waals surface area (Å²) in [5.74, 6) is 1.13. The molecule has 0 aromatic rings. The van der Waals surface area contributed by atoms with Crippen LogP contribution in [-0.2, 0) is 0 Å². The molecule has 0 saturated carbocycles. The van der Waals surface area contributed by atoms with Crippen molar-refractivity contribution in [1.29, 1.82) is 0 Å². The summed E-state index contributed by atoms with van der Waals surface area (Å²) in [4.78, 5) is 2.51. The number of hydrogen-bond donors (Lipinski definition) is 2. The van der Waals surface area contributed by atoms with Gasteiger partial charge in [-0.05, 0) is 31.8 Å². The Kier molecular flexibility index (Phi) is 8.81. The first kappa shape index (κ1) is 18.2. The third kappa shape index (κ3) is 6.81. The molecule has 0 aliphatic carbocycles. The van der Waals surface area contributed by atoms with Gasteiger partial charge in [-0.1, -0.05) is 52.6 Å². The molecule has 0 aliphatic heterocycles. The predicted octanol–water partition coefficient (Wildman–Crippen LogP) is 3.30. The summed E-state index contributed by atoms with van der Waals surface area (Å²) in [5, 5.41) is 11.9. The fourth-order valence-electron chi connectivity index (χ4n) is 2.30. The van der Waals surface area contributed by atoms with Crippen LogP contribution in [-0.4, -0.2) is 35.6 Å². The van der Waals surface area contributed by atoms with Gasteiger partial charge in [0.25, 0.3) is 0 Å². The van der Waals surface area contributed by atoms with Crippen molar-refractivity contribution >= 4 is 5.84 Å². The minimum absolute atomic E-state index is 0.219. The van der Waals surface area contributed by atoms with E-state index in [0.29, 0.717) is 5.84 Å². The molecule has 4 nitrogen and oxygen atoms in total. The van der Waals surface area contributed by atoms with E-state index in [1.807, 2.05) is 13.8 Å². The van der Waals surface area contributed by atoms with E-state index in [1.54, 1.807) is 0 Å². The van der Waals surface area contributed by atoms with E-state index in [0.717, 1.165) is 31.8 Å². The van der Waals surface area contributed by atoms with E-state index in [2.05, 4.69) is 30.8 Å². The van der Waals surface area contributed by atoms with Crippen molar-refractivity contribution in [2.45, 2.75) is 60.3 Å². The Morgan fingerprint density at radius 1 is 1.26 bits per heavy atom. The molecular weight excluding hydrogens is 238 g/mol. The molecule has 0 amide bonds. The Hall–Kier alpha value is -0.770. The molecule has 0 radical (unpaired) electrons. The predicted molar refractivity (Wildman–Crippen MR) is 82.6 cm³/mol. The zero-order valence-corrected chi connectivity index (χ0v) is 13.4. The van der Waals surface area contributed by atoms with Crippen LogP contribution in [0.15, 0.2) is 5.16 Å². The molecule has 114 valence electrons. The lowest BCUT2D eigenvalue weighted by Gasteiger charge is -2.28. The monoisotopic (exact) mass is 271 g/mol. The first-order valence-corrected chi connectivity index (χ1v) is 7.61. The zero-order chi connectivity index (χ0) is 14.9. The van der Waals surface area contributed by atoms with Crippen LogP contribution < -0.4 is 5.73 Å². The summed E-state index contributed by atoms with van der Waals surface area (Å²) in [7, 11) is 0. The highest BCUT2D eigenvalue weighted by atomic mass is 16.4. The molecule has 0 fully saturated rings. The van der Waals surface area contributed by atoms with Crippen molar-refractivity contribution in [2.24, 2.45) is 22.2 Å². The van der Waals surface area contributed by atoms with Gasteiger partial charge in [0.1, 0.15) is 5.84 Å². The molecule has 0 saturated heterocycles. The van der Waals surface area contributed by atoms with E-state index < -0.39 is 0 Å². The molecule has 19 heavy (non-hydrogen) atoms. The van der Waals surface area contributed by atoms with E-state index >= 15 is 0 Å². The first-order chi connectivity index (χ1) is 8.91. The molecule has 0 spiro atoms. The molecular formula is C15H33N3O. The second-order valence-corrected chi connectivity index (χ2v) is 6.05. The summed E-state index contributed by atoms with van der Waals surface area (Å²) in [6.45, 7) is 14.2. The van der Waals surface area contributed by atoms with Gasteiger partial charge in [-0.3, -0.25) is 0 Å². The number of hydrogen-bond acceptors (Lipinski definition) is 3. The van der Waals surface area contributed by atoms with Crippen LogP contribution in [0.2, 0.25) is 0 Å². The fraction of sp³-hybridized carbons (Fsp3) is 0.933. The van der Waals surface area contributed by atoms with Crippen molar-refractivity contribution in [1.82, 2.24) is 4.90 Å². The lowest BCUT2D eigenvalue weighted by Crippen LogP contribution is -2.34. The lowest BCUT2D eigenvalue weighted by atomic mass is 9.86. The maximum Gasteiger partial charge on any atom is 0.144 e. The largest absolute Gasteiger partial charge is 0.409 e. The summed E-state index contributed by atoms with van der Waals surface area (Å²) < 4.78 is 0. The quantitative estimate of drug-likeness (QED) is 0.277. The van der Waals surface area contributed by atoms with Gasteiger partial charge in [0.2, 0.25) is 0 Å². The number of rotatable bonds is 10. The molecule has 0 aromatic carbocycles. The van der Waals surface area contributed by atoms with Crippen LogP contribution in [0.4, 0.5) is 0 Å². The highest BCUT2D eigenvalue weighted by Crippen LogP contribution is 2.22. The maximum atomic E-state index is 8.76. The van der Waals surface area contributed by atoms with Crippen LogP contribution in [0.25, 0.3) is 0 Å². The summed E-state index contributed by atoms with van der Waals surface area (Å²) in [5.41, 5.74) is 5.49. The van der Waals surface area contributed by atoms with Gasteiger partial charge in [-0.15, -0.1) is 0 Å². The fourth-order valence-corrected chi connectivity index (χ4v) is 2.30. The molecule has 0 heterocycles. The van der Waals surface area contributed by atoms with Crippen molar-refractivity contribution in [3.63, 3.8) is 0 Å². The van der Waals surface area contributed by atoms with Gasteiger partial charge in [0, 0.05) is 12.0 Å². The van der Waals surface area contributed by atoms with Crippen LogP contribution in [0, 0.1) is 11.3 Å². The van der Waals surface area contributed by atoms with E-state index in [1.165, 1.54) is 19.4 Å². The molecule has 0 bridgehead atoms. The van der Waals surface area contributed by atoms with Gasteiger partial charge in [0.15, 0.2) is 0 Å². The topological polar surface area (TPSA) is 61.8 Å². The summed E-state index contributed by atoms with van der Waals surface area (Å²) in [6.07, 6.45) is 4.53. The third-order valence-electron chi connectivity index (χ3n) is 4.20. The smallest absolute Gasteiger partial charge is 0.144 e. The van der Waals surface area contributed by atoms with Gasteiger partial charge in [-0.2, -0.15) is 0 Å². The molecule has 0 rings (SSSR count). The Morgan fingerprint density at radius 3 is 2.26 bits per heavy atom. The first-order valence-electron chi connectivity index (χ1n) is 7.61. The number of amidine groups is 1. The average molecular weight is 271 g/mol. The molecule has 0 aromatic heterocycles. The van der Waals surface area contributed by atoms with Crippen LogP contribution >= 0.6 is 0 Å². The Balaban J connectivity index is 4.15. The third-order valence-corrected chi connectivity index (χ3v) is 4.20. The highest BCUT2D eigenvalue weighted by molar-refractivity contribution is 5.85. The van der Waals surface area contributed by atoms with Crippen LogP contribution in [0.3, 0.4) is 0 Å². The van der Waals surface area contributed by atoms with Crippen molar-refractivity contribution in [3.05, 3.63) is 0 Å². The van der Waals surface area contributed by atoms with Gasteiger partial charge in [-0.25, -0.2) is 0 Å². The zero-order valence-electron chi connectivity index (χ0n) is 13.4. The van der Waals surface area contributed by atoms with Crippen molar-refractivity contribution in [2.75, 3.05) is 19.6 Å². The molecule has 0 atom stereocenters. The van der Waals surface area contributed by atoms with Gasteiger partial charge >= 0.3 is 0 Å². The Labute approximate surface area is 119 Å². The minimum Gasteiger partial charge on any atom is -0.409 e. The van der Waals surface area contributed by atoms with E-state index in [-0.39, 0.29) is 5.41 Å². The number of nitrogens with two attached hydrogens (primary N) is 1. The normalized spacial score (nSPS) is 13.5. The Morgan fingerprint density at radius 2 is 1.84 bits per heavy atom. The summed E-state index contributed by atoms with van der Waals surface area (Å²) >= 11 is 0. The lowest BCUT2D eigenvalue weighted by molar-refractivity contribution is 0.222. The van der Waals surface area contributed by atoms with Gasteiger partial charge in [0.05, 0.1) is 0 Å². The standard InChI is InChI=1S/C15H33N3O/c1-6-13(7-2)12-18(8-3)11-9-10-15(4,5)14(16)17-19/h13,19H,6-12H2,1-5H3,(H2,16,17). The molecule has 0 unspecified atom stereocenters. The maximum absolute atomic E-state index is 8.76. The van der Waals surface area contributed by atoms with E-state index in [4.69, 9.17) is 10.9 Å². The summed E-state index contributed by atoms with van der Waals surface area (Å²) in [6, 6.07) is 0. The van der Waals surface area contributed by atoms with Crippen molar-refractivity contribution in [3.8, 4) is 0 Å². The number of nitrogens with zero attached hydrogens (tertiary/aromatic N) is 2. The second kappa shape index (κ2) is 9.18.